The van der Waals surface area contributed by atoms with Crippen LogP contribution in [-0.2, 0) is 0 Å². The Labute approximate surface area is 172 Å². The number of anilines is 1. The van der Waals surface area contributed by atoms with E-state index in [1.165, 1.54) is 11.3 Å². The van der Waals surface area contributed by atoms with Gasteiger partial charge in [0.15, 0.2) is 16.6 Å². The van der Waals surface area contributed by atoms with E-state index in [1.807, 2.05) is 31.1 Å². The van der Waals surface area contributed by atoms with Gasteiger partial charge >= 0.3 is 0 Å². The van der Waals surface area contributed by atoms with Crippen LogP contribution in [0.5, 0.6) is 11.5 Å². The number of benzene rings is 2. The summed E-state index contributed by atoms with van der Waals surface area (Å²) in [6, 6.07) is 10.8. The van der Waals surface area contributed by atoms with Crippen LogP contribution in [-0.4, -0.2) is 56.2 Å². The SMILES string of the molecule is CN(C)CCN(C(=O)c1cccc(Cl)c1)c1nc2cc3c(cc2s1)OCCO3. The molecule has 3 aromatic rings. The Bertz CT molecular complexity index is 978. The summed E-state index contributed by atoms with van der Waals surface area (Å²) in [5.74, 6) is 1.28. The number of thiazole rings is 1. The number of carbonyl (C=O) groups is 1. The van der Waals surface area contributed by atoms with Crippen molar-refractivity contribution >= 4 is 44.2 Å². The van der Waals surface area contributed by atoms with Gasteiger partial charge in [0, 0.05) is 35.8 Å². The molecule has 146 valence electrons. The first-order valence-electron chi connectivity index (χ1n) is 8.93. The molecule has 28 heavy (non-hydrogen) atoms. The molecule has 0 radical (unpaired) electrons. The third kappa shape index (κ3) is 3.92. The van der Waals surface area contributed by atoms with Gasteiger partial charge in [0.2, 0.25) is 0 Å². The Hall–Kier alpha value is -2.35. The molecule has 4 rings (SSSR count). The molecule has 0 fully saturated rings. The van der Waals surface area contributed by atoms with Gasteiger partial charge in [-0.05, 0) is 32.3 Å². The van der Waals surface area contributed by atoms with Gasteiger partial charge in [0.25, 0.3) is 5.91 Å². The highest BCUT2D eigenvalue weighted by Crippen LogP contribution is 2.39. The fourth-order valence-electron chi connectivity index (χ4n) is 2.93. The van der Waals surface area contributed by atoms with Crippen LogP contribution in [0.4, 0.5) is 5.13 Å². The molecule has 0 unspecified atom stereocenters. The van der Waals surface area contributed by atoms with Crippen LogP contribution in [0.1, 0.15) is 10.4 Å². The van der Waals surface area contributed by atoms with Crippen LogP contribution >= 0.6 is 22.9 Å². The Kier molecular flexibility index (Phi) is 5.39. The molecular weight excluding hydrogens is 398 g/mol. The molecule has 0 N–H and O–H groups in total. The first-order valence-corrected chi connectivity index (χ1v) is 10.1. The van der Waals surface area contributed by atoms with Gasteiger partial charge in [0.05, 0.1) is 10.2 Å². The van der Waals surface area contributed by atoms with E-state index in [4.69, 9.17) is 26.1 Å². The van der Waals surface area contributed by atoms with Crippen LogP contribution in [0, 0.1) is 0 Å². The van der Waals surface area contributed by atoms with Crippen LogP contribution in [0.25, 0.3) is 10.2 Å². The van der Waals surface area contributed by atoms with Crippen molar-refractivity contribution in [2.75, 3.05) is 45.3 Å². The van der Waals surface area contributed by atoms with E-state index in [0.717, 1.165) is 16.0 Å². The topological polar surface area (TPSA) is 54.9 Å². The van der Waals surface area contributed by atoms with Crippen LogP contribution in [0.15, 0.2) is 36.4 Å². The van der Waals surface area contributed by atoms with E-state index in [1.54, 1.807) is 29.2 Å². The largest absolute Gasteiger partial charge is 0.486 e. The van der Waals surface area contributed by atoms with Gasteiger partial charge in [0.1, 0.15) is 13.2 Å². The number of hydrogen-bond donors (Lipinski definition) is 0. The van der Waals surface area contributed by atoms with Crippen molar-refractivity contribution < 1.29 is 14.3 Å². The second-order valence-electron chi connectivity index (χ2n) is 6.73. The molecule has 2 aromatic carbocycles. The second-order valence-corrected chi connectivity index (χ2v) is 8.18. The molecule has 2 heterocycles. The van der Waals surface area contributed by atoms with E-state index in [-0.39, 0.29) is 5.91 Å². The van der Waals surface area contributed by atoms with Gasteiger partial charge in [-0.15, -0.1) is 0 Å². The molecule has 1 amide bonds. The number of halogens is 1. The molecule has 0 aliphatic carbocycles. The molecule has 1 aliphatic rings. The van der Waals surface area contributed by atoms with Crippen molar-refractivity contribution in [3.05, 3.63) is 47.0 Å². The number of likely N-dealkylation sites (N-methyl/N-ethyl adjacent to an activating group) is 1. The summed E-state index contributed by atoms with van der Waals surface area (Å²) in [6.45, 7) is 2.29. The number of hydrogen-bond acceptors (Lipinski definition) is 6. The first kappa shape index (κ1) is 19.0. The summed E-state index contributed by atoms with van der Waals surface area (Å²) in [4.78, 5) is 21.7. The molecule has 1 aliphatic heterocycles. The van der Waals surface area contributed by atoms with E-state index >= 15 is 0 Å². The van der Waals surface area contributed by atoms with Gasteiger partial charge in [-0.1, -0.05) is 29.0 Å². The van der Waals surface area contributed by atoms with Crippen molar-refractivity contribution in [1.29, 1.82) is 0 Å². The Balaban J connectivity index is 1.72. The average Bonchev–Trinajstić information content (AvgIpc) is 3.08. The van der Waals surface area contributed by atoms with Crippen molar-refractivity contribution in [3.63, 3.8) is 0 Å². The Morgan fingerprint density at radius 1 is 1.14 bits per heavy atom. The van der Waals surface area contributed by atoms with Crippen molar-refractivity contribution in [1.82, 2.24) is 9.88 Å². The summed E-state index contributed by atoms with van der Waals surface area (Å²) in [7, 11) is 3.95. The smallest absolute Gasteiger partial charge is 0.260 e. The van der Waals surface area contributed by atoms with Crippen molar-refractivity contribution in [2.45, 2.75) is 0 Å². The van der Waals surface area contributed by atoms with Gasteiger partial charge in [-0.3, -0.25) is 9.69 Å². The number of aromatic nitrogens is 1. The molecule has 1 aromatic heterocycles. The lowest BCUT2D eigenvalue weighted by atomic mass is 10.2. The van der Waals surface area contributed by atoms with E-state index in [2.05, 4.69) is 0 Å². The average molecular weight is 418 g/mol. The summed E-state index contributed by atoms with van der Waals surface area (Å²) < 4.78 is 12.3. The van der Waals surface area contributed by atoms with Crippen molar-refractivity contribution in [2.24, 2.45) is 0 Å². The maximum atomic E-state index is 13.2. The lowest BCUT2D eigenvalue weighted by Crippen LogP contribution is -2.36. The zero-order chi connectivity index (χ0) is 19.7. The number of amides is 1. The van der Waals surface area contributed by atoms with E-state index in [9.17, 15) is 4.79 Å². The molecule has 0 saturated heterocycles. The highest BCUT2D eigenvalue weighted by Gasteiger charge is 2.23. The Morgan fingerprint density at radius 3 is 2.61 bits per heavy atom. The van der Waals surface area contributed by atoms with Crippen LogP contribution < -0.4 is 14.4 Å². The summed E-state index contributed by atoms with van der Waals surface area (Å²) in [6.07, 6.45) is 0. The molecule has 0 spiro atoms. The highest BCUT2D eigenvalue weighted by atomic mass is 35.5. The standard InChI is InChI=1S/C20H20ClN3O3S/c1-23(2)6-7-24(19(25)13-4-3-5-14(21)10-13)20-22-15-11-16-17(12-18(15)28-20)27-9-8-26-16/h3-5,10-12H,6-9H2,1-2H3. The summed E-state index contributed by atoms with van der Waals surface area (Å²) in [5, 5.41) is 1.17. The molecule has 0 saturated carbocycles. The molecule has 0 atom stereocenters. The lowest BCUT2D eigenvalue weighted by molar-refractivity contribution is 0.0985. The monoisotopic (exact) mass is 417 g/mol. The predicted molar refractivity (Wildman–Crippen MR) is 112 cm³/mol. The Morgan fingerprint density at radius 2 is 1.89 bits per heavy atom. The minimum Gasteiger partial charge on any atom is -0.486 e. The number of fused-ring (bicyclic) bond motifs is 2. The maximum Gasteiger partial charge on any atom is 0.260 e. The predicted octanol–water partition coefficient (Wildman–Crippen LogP) is 3.93. The minimum atomic E-state index is -0.124. The number of nitrogens with zero attached hydrogens (tertiary/aromatic N) is 3. The first-order chi connectivity index (χ1) is 13.5. The van der Waals surface area contributed by atoms with Gasteiger partial charge < -0.3 is 14.4 Å². The van der Waals surface area contributed by atoms with E-state index in [0.29, 0.717) is 47.8 Å². The highest BCUT2D eigenvalue weighted by molar-refractivity contribution is 7.22. The van der Waals surface area contributed by atoms with Crippen LogP contribution in [0.2, 0.25) is 5.02 Å². The number of ether oxygens (including phenoxy) is 2. The zero-order valence-electron chi connectivity index (χ0n) is 15.6. The van der Waals surface area contributed by atoms with Crippen molar-refractivity contribution in [3.8, 4) is 11.5 Å². The number of rotatable bonds is 5. The van der Waals surface area contributed by atoms with Crippen LogP contribution in [0.3, 0.4) is 0 Å². The third-order valence-corrected chi connectivity index (χ3v) is 5.64. The zero-order valence-corrected chi connectivity index (χ0v) is 17.2. The summed E-state index contributed by atoms with van der Waals surface area (Å²) >= 11 is 7.55. The molecular formula is C20H20ClN3O3S. The normalized spacial score (nSPS) is 13.1. The molecule has 0 bridgehead atoms. The third-order valence-electron chi connectivity index (χ3n) is 4.36. The quantitative estimate of drug-likeness (QED) is 0.629. The fraction of sp³-hybridized carbons (Fsp3) is 0.300. The second kappa shape index (κ2) is 7.95. The van der Waals surface area contributed by atoms with Gasteiger partial charge in [-0.25, -0.2) is 4.98 Å². The number of carbonyl (C=O) groups excluding carboxylic acids is 1. The lowest BCUT2D eigenvalue weighted by Gasteiger charge is -2.22. The van der Waals surface area contributed by atoms with Gasteiger partial charge in [-0.2, -0.15) is 0 Å². The van der Waals surface area contributed by atoms with E-state index < -0.39 is 0 Å². The fourth-order valence-corrected chi connectivity index (χ4v) is 4.12. The minimum absolute atomic E-state index is 0.124. The maximum absolute atomic E-state index is 13.2. The molecule has 6 nitrogen and oxygen atoms in total. The summed E-state index contributed by atoms with van der Waals surface area (Å²) in [5.41, 5.74) is 1.33. The molecule has 8 heteroatoms.